The summed E-state index contributed by atoms with van der Waals surface area (Å²) < 4.78 is 0. The summed E-state index contributed by atoms with van der Waals surface area (Å²) in [4.78, 5) is 1.45. The maximum absolute atomic E-state index is 6.05. The molecule has 84 valence electrons. The van der Waals surface area contributed by atoms with Crippen molar-refractivity contribution in [2.24, 2.45) is 0 Å². The first-order chi connectivity index (χ1) is 7.90. The second kappa shape index (κ2) is 6.07. The number of hydrogen-bond donors (Lipinski definition) is 0. The molecule has 1 aromatic heterocycles. The Hall–Kier alpha value is -0.790. The van der Waals surface area contributed by atoms with Gasteiger partial charge in [0.25, 0.3) is 0 Å². The molecule has 0 nitrogen and oxygen atoms in total. The Morgan fingerprint density at radius 1 is 1.06 bits per heavy atom. The van der Waals surface area contributed by atoms with Gasteiger partial charge in [-0.05, 0) is 35.8 Å². The average molecular weight is 251 g/mol. The third-order valence-electron chi connectivity index (χ3n) is 2.78. The Bertz CT molecular complexity index is 394. The summed E-state index contributed by atoms with van der Waals surface area (Å²) in [5.74, 6) is 1.18. The first-order valence-electron chi connectivity index (χ1n) is 5.53. The van der Waals surface area contributed by atoms with Gasteiger partial charge >= 0.3 is 0 Å². The van der Waals surface area contributed by atoms with Crippen LogP contribution in [-0.4, -0.2) is 5.88 Å². The molecule has 0 aliphatic rings. The maximum atomic E-state index is 6.05. The summed E-state index contributed by atoms with van der Waals surface area (Å²) in [6.45, 7) is 0. The highest BCUT2D eigenvalue weighted by Crippen LogP contribution is 2.24. The molecule has 1 unspecified atom stereocenters. The van der Waals surface area contributed by atoms with Crippen molar-refractivity contribution < 1.29 is 0 Å². The van der Waals surface area contributed by atoms with Crippen LogP contribution in [0.25, 0.3) is 0 Å². The summed E-state index contributed by atoms with van der Waals surface area (Å²) in [5.41, 5.74) is 1.36. The van der Waals surface area contributed by atoms with E-state index in [0.29, 0.717) is 11.8 Å². The van der Waals surface area contributed by atoms with Crippen LogP contribution in [0.3, 0.4) is 0 Å². The van der Waals surface area contributed by atoms with Gasteiger partial charge in [0, 0.05) is 10.8 Å². The zero-order valence-corrected chi connectivity index (χ0v) is 10.7. The number of halogens is 1. The normalized spacial score (nSPS) is 12.6. The standard InChI is InChI=1S/C14H15ClS/c15-11-13(12-5-2-1-3-6-12)8-9-14-7-4-10-16-14/h1-7,10,13H,8-9,11H2. The van der Waals surface area contributed by atoms with Crippen molar-refractivity contribution in [3.63, 3.8) is 0 Å². The molecule has 1 atom stereocenters. The van der Waals surface area contributed by atoms with Gasteiger partial charge in [-0.2, -0.15) is 0 Å². The fraction of sp³-hybridized carbons (Fsp3) is 0.286. The van der Waals surface area contributed by atoms with Gasteiger partial charge in [-0.15, -0.1) is 22.9 Å². The average Bonchev–Trinajstić information content (AvgIpc) is 2.84. The highest BCUT2D eigenvalue weighted by molar-refractivity contribution is 7.09. The Balaban J connectivity index is 1.96. The monoisotopic (exact) mass is 250 g/mol. The molecule has 2 aromatic rings. The van der Waals surface area contributed by atoms with E-state index in [9.17, 15) is 0 Å². The SMILES string of the molecule is ClCC(CCc1cccs1)c1ccccc1. The van der Waals surface area contributed by atoms with Crippen LogP contribution in [0.1, 0.15) is 22.8 Å². The highest BCUT2D eigenvalue weighted by Gasteiger charge is 2.10. The molecule has 2 heteroatoms. The Kier molecular flexibility index (Phi) is 4.44. The molecule has 0 amide bonds. The van der Waals surface area contributed by atoms with Crippen molar-refractivity contribution in [3.05, 3.63) is 58.3 Å². The first-order valence-corrected chi connectivity index (χ1v) is 6.95. The molecule has 0 aliphatic carbocycles. The molecule has 0 N–H and O–H groups in total. The van der Waals surface area contributed by atoms with Crippen molar-refractivity contribution >= 4 is 22.9 Å². The van der Waals surface area contributed by atoms with E-state index in [-0.39, 0.29) is 0 Å². The van der Waals surface area contributed by atoms with Crippen molar-refractivity contribution in [3.8, 4) is 0 Å². The highest BCUT2D eigenvalue weighted by atomic mass is 35.5. The number of benzene rings is 1. The van der Waals surface area contributed by atoms with Crippen LogP contribution < -0.4 is 0 Å². The number of aryl methyl sites for hydroxylation is 1. The predicted octanol–water partition coefficient (Wildman–Crippen LogP) is 4.70. The van der Waals surface area contributed by atoms with Crippen LogP contribution in [0.2, 0.25) is 0 Å². The lowest BCUT2D eigenvalue weighted by molar-refractivity contribution is 0.690. The van der Waals surface area contributed by atoms with E-state index < -0.39 is 0 Å². The second-order valence-corrected chi connectivity index (χ2v) is 5.22. The number of rotatable bonds is 5. The van der Waals surface area contributed by atoms with Crippen molar-refractivity contribution in [1.29, 1.82) is 0 Å². The van der Waals surface area contributed by atoms with E-state index in [4.69, 9.17) is 11.6 Å². The maximum Gasteiger partial charge on any atom is 0.0292 e. The Morgan fingerprint density at radius 2 is 1.88 bits per heavy atom. The third-order valence-corrected chi connectivity index (χ3v) is 4.09. The summed E-state index contributed by atoms with van der Waals surface area (Å²) >= 11 is 7.87. The number of thiophene rings is 1. The zero-order chi connectivity index (χ0) is 11.2. The quantitative estimate of drug-likeness (QED) is 0.675. The molecule has 0 aliphatic heterocycles. The Morgan fingerprint density at radius 3 is 2.50 bits per heavy atom. The van der Waals surface area contributed by atoms with Crippen molar-refractivity contribution in [2.45, 2.75) is 18.8 Å². The van der Waals surface area contributed by atoms with Gasteiger partial charge in [-0.3, -0.25) is 0 Å². The first kappa shape index (κ1) is 11.7. The zero-order valence-electron chi connectivity index (χ0n) is 9.10. The van der Waals surface area contributed by atoms with Crippen LogP contribution in [0.4, 0.5) is 0 Å². The largest absolute Gasteiger partial charge is 0.149 e. The van der Waals surface area contributed by atoms with E-state index in [1.165, 1.54) is 10.4 Å². The molecule has 0 saturated heterocycles. The lowest BCUT2D eigenvalue weighted by Crippen LogP contribution is -2.01. The van der Waals surface area contributed by atoms with E-state index >= 15 is 0 Å². The summed E-state index contributed by atoms with van der Waals surface area (Å²) in [7, 11) is 0. The lowest BCUT2D eigenvalue weighted by Gasteiger charge is -2.13. The molecule has 0 bridgehead atoms. The van der Waals surface area contributed by atoms with Gasteiger partial charge in [0.1, 0.15) is 0 Å². The Labute approximate surface area is 106 Å². The van der Waals surface area contributed by atoms with Crippen LogP contribution in [0, 0.1) is 0 Å². The summed E-state index contributed by atoms with van der Waals surface area (Å²) in [6.07, 6.45) is 2.26. The predicted molar refractivity (Wildman–Crippen MR) is 72.5 cm³/mol. The minimum atomic E-state index is 0.477. The van der Waals surface area contributed by atoms with Gasteiger partial charge in [-0.1, -0.05) is 36.4 Å². The van der Waals surface area contributed by atoms with Crippen LogP contribution in [0.5, 0.6) is 0 Å². The van der Waals surface area contributed by atoms with Gasteiger partial charge in [0.15, 0.2) is 0 Å². The topological polar surface area (TPSA) is 0 Å². The van der Waals surface area contributed by atoms with Gasteiger partial charge in [-0.25, -0.2) is 0 Å². The molecule has 0 fully saturated rings. The van der Waals surface area contributed by atoms with E-state index in [0.717, 1.165) is 12.8 Å². The second-order valence-electron chi connectivity index (χ2n) is 3.88. The lowest BCUT2D eigenvalue weighted by atomic mass is 9.96. The van der Waals surface area contributed by atoms with Gasteiger partial charge in [0.05, 0.1) is 0 Å². The van der Waals surface area contributed by atoms with Crippen molar-refractivity contribution in [1.82, 2.24) is 0 Å². The third kappa shape index (κ3) is 3.10. The molecule has 0 radical (unpaired) electrons. The van der Waals surface area contributed by atoms with Crippen LogP contribution in [0.15, 0.2) is 47.8 Å². The molecular weight excluding hydrogens is 236 g/mol. The molecule has 16 heavy (non-hydrogen) atoms. The minimum absolute atomic E-state index is 0.477. The summed E-state index contributed by atoms with van der Waals surface area (Å²) in [6, 6.07) is 14.9. The van der Waals surface area contributed by atoms with Crippen LogP contribution >= 0.6 is 22.9 Å². The molecule has 0 spiro atoms. The fourth-order valence-electron chi connectivity index (χ4n) is 1.83. The fourth-order valence-corrected chi connectivity index (χ4v) is 2.89. The number of hydrogen-bond acceptors (Lipinski definition) is 1. The summed E-state index contributed by atoms with van der Waals surface area (Å²) in [5, 5.41) is 2.13. The molecule has 1 heterocycles. The molecule has 2 rings (SSSR count). The van der Waals surface area contributed by atoms with E-state index in [1.54, 1.807) is 0 Å². The van der Waals surface area contributed by atoms with Gasteiger partial charge in [0.2, 0.25) is 0 Å². The van der Waals surface area contributed by atoms with Crippen LogP contribution in [-0.2, 0) is 6.42 Å². The van der Waals surface area contributed by atoms with Gasteiger partial charge < -0.3 is 0 Å². The smallest absolute Gasteiger partial charge is 0.0292 e. The van der Waals surface area contributed by atoms with E-state index in [1.807, 2.05) is 17.4 Å². The number of alkyl halides is 1. The molecule has 1 aromatic carbocycles. The molecule has 0 saturated carbocycles. The van der Waals surface area contributed by atoms with Crippen molar-refractivity contribution in [2.75, 3.05) is 5.88 Å². The minimum Gasteiger partial charge on any atom is -0.149 e. The van der Waals surface area contributed by atoms with E-state index in [2.05, 4.69) is 41.8 Å². The molecular formula is C14H15ClS.